The summed E-state index contributed by atoms with van der Waals surface area (Å²) in [5.74, 6) is 1.60. The fraction of sp³-hybridized carbons (Fsp3) is 0.529. The quantitative estimate of drug-likeness (QED) is 0.630. The molecule has 1 atom stereocenters. The number of nitrogens with zero attached hydrogens (tertiary/aromatic N) is 1. The molecule has 0 saturated carbocycles. The zero-order valence-corrected chi connectivity index (χ0v) is 13.2. The van der Waals surface area contributed by atoms with Crippen LogP contribution >= 0.6 is 0 Å². The third kappa shape index (κ3) is 2.72. The highest BCUT2D eigenvalue weighted by Crippen LogP contribution is 2.56. The van der Waals surface area contributed by atoms with Gasteiger partial charge in [0.2, 0.25) is 0 Å². The van der Waals surface area contributed by atoms with Crippen LogP contribution in [0.5, 0.6) is 5.75 Å². The third-order valence-electron chi connectivity index (χ3n) is 3.86. The van der Waals surface area contributed by atoms with Crippen molar-refractivity contribution in [3.05, 3.63) is 42.3 Å². The van der Waals surface area contributed by atoms with Gasteiger partial charge in [-0.15, -0.1) is 0 Å². The van der Waals surface area contributed by atoms with Crippen LogP contribution in [0.1, 0.15) is 32.4 Å². The smallest absolute Gasteiger partial charge is 0.182 e. The fourth-order valence-corrected chi connectivity index (χ4v) is 2.81. The molecule has 0 amide bonds. The van der Waals surface area contributed by atoms with E-state index in [1.807, 2.05) is 39.0 Å². The predicted molar refractivity (Wildman–Crippen MR) is 81.1 cm³/mol. The van der Waals surface area contributed by atoms with Gasteiger partial charge in [0.25, 0.3) is 0 Å². The summed E-state index contributed by atoms with van der Waals surface area (Å²) < 4.78 is 17.0. The maximum absolute atomic E-state index is 5.94. The number of rotatable bonds is 4. The molecular weight excluding hydrogens is 266 g/mol. The summed E-state index contributed by atoms with van der Waals surface area (Å²) >= 11 is 0. The second-order valence-electron chi connectivity index (χ2n) is 6.80. The molecule has 1 aromatic rings. The van der Waals surface area contributed by atoms with Gasteiger partial charge < -0.3 is 19.1 Å². The van der Waals surface area contributed by atoms with Crippen LogP contribution in [0.4, 0.5) is 0 Å². The second-order valence-corrected chi connectivity index (χ2v) is 6.80. The van der Waals surface area contributed by atoms with E-state index >= 15 is 0 Å². The molecule has 21 heavy (non-hydrogen) atoms. The van der Waals surface area contributed by atoms with Crippen LogP contribution in [0.25, 0.3) is 0 Å². The molecule has 114 valence electrons. The second kappa shape index (κ2) is 4.67. The van der Waals surface area contributed by atoms with Gasteiger partial charge in [-0.3, -0.25) is 0 Å². The number of hydrogen-bond acceptors (Lipinski definition) is 4. The molecule has 0 bridgehead atoms. The lowest BCUT2D eigenvalue weighted by Gasteiger charge is -2.41. The van der Waals surface area contributed by atoms with Gasteiger partial charge >= 0.3 is 0 Å². The van der Waals surface area contributed by atoms with Crippen LogP contribution in [0.3, 0.4) is 0 Å². The minimum Gasteiger partial charge on any atom is -0.497 e. The predicted octanol–water partition coefficient (Wildman–Crippen LogP) is 3.11. The number of likely N-dealkylation sites (tertiary alicyclic amines) is 1. The Morgan fingerprint density at radius 2 is 2.10 bits per heavy atom. The van der Waals surface area contributed by atoms with Crippen molar-refractivity contribution in [2.75, 3.05) is 20.2 Å². The highest BCUT2D eigenvalue weighted by Gasteiger charge is 2.65. The van der Waals surface area contributed by atoms with Crippen LogP contribution in [-0.4, -0.2) is 36.3 Å². The van der Waals surface area contributed by atoms with Crippen LogP contribution < -0.4 is 4.74 Å². The minimum atomic E-state index is -0.212. The van der Waals surface area contributed by atoms with Crippen molar-refractivity contribution in [1.29, 1.82) is 0 Å². The van der Waals surface area contributed by atoms with Crippen LogP contribution in [0, 0.1) is 0 Å². The molecule has 2 heterocycles. The van der Waals surface area contributed by atoms with E-state index in [-0.39, 0.29) is 17.3 Å². The fourth-order valence-electron chi connectivity index (χ4n) is 2.81. The van der Waals surface area contributed by atoms with E-state index in [0.717, 1.165) is 24.7 Å². The summed E-state index contributed by atoms with van der Waals surface area (Å²) in [5, 5.41) is 0. The molecule has 4 nitrogen and oxygen atoms in total. The first-order valence-corrected chi connectivity index (χ1v) is 7.28. The highest BCUT2D eigenvalue weighted by molar-refractivity contribution is 5.36. The van der Waals surface area contributed by atoms with Crippen molar-refractivity contribution >= 4 is 0 Å². The molecule has 0 aliphatic carbocycles. The lowest BCUT2D eigenvalue weighted by molar-refractivity contribution is -0.0380. The molecule has 1 spiro atoms. The van der Waals surface area contributed by atoms with Gasteiger partial charge in [0.15, 0.2) is 5.88 Å². The van der Waals surface area contributed by atoms with E-state index in [2.05, 4.69) is 17.5 Å². The average Bonchev–Trinajstić information content (AvgIpc) is 3.10. The molecular formula is C17H23NO3. The van der Waals surface area contributed by atoms with Crippen LogP contribution in [-0.2, 0) is 9.47 Å². The summed E-state index contributed by atoms with van der Waals surface area (Å²) in [7, 11) is 1.68. The van der Waals surface area contributed by atoms with Gasteiger partial charge in [-0.25, -0.2) is 0 Å². The van der Waals surface area contributed by atoms with Gasteiger partial charge in [0.05, 0.1) is 20.2 Å². The molecule has 2 aliphatic heterocycles. The van der Waals surface area contributed by atoms with E-state index in [1.165, 1.54) is 5.56 Å². The Labute approximate surface area is 126 Å². The molecule has 2 fully saturated rings. The van der Waals surface area contributed by atoms with E-state index < -0.39 is 0 Å². The molecule has 4 heteroatoms. The highest BCUT2D eigenvalue weighted by atomic mass is 16.6. The van der Waals surface area contributed by atoms with Gasteiger partial charge in [-0.1, -0.05) is 12.1 Å². The SMILES string of the molecule is C=C(OC(C)(C)C)N1CC2(C1)OC2c1cccc(OC)c1. The van der Waals surface area contributed by atoms with Crippen molar-refractivity contribution in [3.63, 3.8) is 0 Å². The Bertz CT molecular complexity index is 555. The molecule has 2 saturated heterocycles. The summed E-state index contributed by atoms with van der Waals surface area (Å²) in [6, 6.07) is 8.08. The Morgan fingerprint density at radius 1 is 1.38 bits per heavy atom. The van der Waals surface area contributed by atoms with Gasteiger partial charge in [0, 0.05) is 0 Å². The Morgan fingerprint density at radius 3 is 2.71 bits per heavy atom. The summed E-state index contributed by atoms with van der Waals surface area (Å²) in [6.45, 7) is 11.8. The van der Waals surface area contributed by atoms with Gasteiger partial charge in [-0.05, 0) is 45.0 Å². The van der Waals surface area contributed by atoms with Crippen molar-refractivity contribution in [2.24, 2.45) is 0 Å². The molecule has 0 radical (unpaired) electrons. The molecule has 2 aliphatic rings. The first-order chi connectivity index (χ1) is 9.83. The normalized spacial score (nSPS) is 22.7. The minimum absolute atomic E-state index is 0.0590. The van der Waals surface area contributed by atoms with Crippen molar-refractivity contribution in [3.8, 4) is 5.75 Å². The number of methoxy groups -OCH3 is 1. The molecule has 1 aromatic carbocycles. The Hall–Kier alpha value is -1.68. The lowest BCUT2D eigenvalue weighted by Crippen LogP contribution is -2.54. The molecule has 0 N–H and O–H groups in total. The monoisotopic (exact) mass is 289 g/mol. The topological polar surface area (TPSA) is 34.2 Å². The van der Waals surface area contributed by atoms with Crippen molar-refractivity contribution in [1.82, 2.24) is 4.90 Å². The number of ether oxygens (including phenoxy) is 3. The number of hydrogen-bond donors (Lipinski definition) is 0. The van der Waals surface area contributed by atoms with E-state index in [0.29, 0.717) is 0 Å². The summed E-state index contributed by atoms with van der Waals surface area (Å²) in [4.78, 5) is 2.13. The zero-order valence-electron chi connectivity index (χ0n) is 13.2. The maximum atomic E-state index is 5.94. The van der Waals surface area contributed by atoms with Crippen LogP contribution in [0.15, 0.2) is 36.7 Å². The van der Waals surface area contributed by atoms with Crippen molar-refractivity contribution < 1.29 is 14.2 Å². The molecule has 1 unspecified atom stereocenters. The zero-order chi connectivity index (χ0) is 15.3. The number of epoxide rings is 1. The van der Waals surface area contributed by atoms with E-state index in [4.69, 9.17) is 14.2 Å². The first kappa shape index (κ1) is 14.3. The largest absolute Gasteiger partial charge is 0.497 e. The molecule has 0 aromatic heterocycles. The van der Waals surface area contributed by atoms with Gasteiger partial charge in [0.1, 0.15) is 23.1 Å². The Kier molecular flexibility index (Phi) is 3.17. The molecule has 3 rings (SSSR count). The first-order valence-electron chi connectivity index (χ1n) is 7.28. The van der Waals surface area contributed by atoms with E-state index in [1.54, 1.807) is 7.11 Å². The number of benzene rings is 1. The van der Waals surface area contributed by atoms with Crippen molar-refractivity contribution in [2.45, 2.75) is 38.1 Å². The third-order valence-corrected chi connectivity index (χ3v) is 3.86. The lowest BCUT2D eigenvalue weighted by atomic mass is 9.92. The average molecular weight is 289 g/mol. The van der Waals surface area contributed by atoms with Crippen LogP contribution in [0.2, 0.25) is 0 Å². The van der Waals surface area contributed by atoms with Gasteiger partial charge in [-0.2, -0.15) is 0 Å². The Balaban J connectivity index is 1.58. The van der Waals surface area contributed by atoms with E-state index in [9.17, 15) is 0 Å². The summed E-state index contributed by atoms with van der Waals surface area (Å²) in [5.41, 5.74) is 0.906. The maximum Gasteiger partial charge on any atom is 0.182 e. The summed E-state index contributed by atoms with van der Waals surface area (Å²) in [6.07, 6.45) is 0.159. The standard InChI is InChI=1S/C17H23NO3/c1-12(20-16(2,3)4)18-10-17(11-18)15(21-17)13-7-6-8-14(9-13)19-5/h6-9,15H,1,10-11H2,2-5H3.